The Morgan fingerprint density at radius 1 is 1.02 bits per heavy atom. The van der Waals surface area contributed by atoms with E-state index >= 15 is 0 Å². The van der Waals surface area contributed by atoms with Gasteiger partial charge in [-0.25, -0.2) is 14.4 Å². The molecule has 1 saturated carbocycles. The van der Waals surface area contributed by atoms with Crippen LogP contribution in [0.3, 0.4) is 0 Å². The first kappa shape index (κ1) is 28.6. The molecule has 1 amide bonds. The van der Waals surface area contributed by atoms with E-state index in [2.05, 4.69) is 40.7 Å². The van der Waals surface area contributed by atoms with Gasteiger partial charge in [0.15, 0.2) is 0 Å². The molecule has 0 atom stereocenters. The number of hydrogen-bond donors (Lipinski definition) is 4. The van der Waals surface area contributed by atoms with E-state index in [4.69, 9.17) is 4.98 Å². The Morgan fingerprint density at radius 3 is 2.71 bits per heavy atom. The van der Waals surface area contributed by atoms with Crippen LogP contribution in [0.4, 0.5) is 15.8 Å². The molecule has 0 saturated heterocycles. The van der Waals surface area contributed by atoms with Crippen LogP contribution >= 0.6 is 0 Å². The molecule has 1 aliphatic rings. The highest BCUT2D eigenvalue weighted by Gasteiger charge is 2.23. The number of carbonyl (C=O) groups is 1. The topological polar surface area (TPSA) is 128 Å². The van der Waals surface area contributed by atoms with Gasteiger partial charge in [0.25, 0.3) is 0 Å². The molecule has 5 aromatic heterocycles. The van der Waals surface area contributed by atoms with E-state index in [0.717, 1.165) is 71.2 Å². The lowest BCUT2D eigenvalue weighted by atomic mass is 10.0. The van der Waals surface area contributed by atoms with Gasteiger partial charge in [0.2, 0.25) is 5.91 Å². The lowest BCUT2D eigenvalue weighted by Crippen LogP contribution is -2.20. The maximum absolute atomic E-state index is 14.7. The summed E-state index contributed by atoms with van der Waals surface area (Å²) in [5.41, 5.74) is 7.97. The van der Waals surface area contributed by atoms with Crippen molar-refractivity contribution < 1.29 is 9.18 Å². The Labute approximate surface area is 259 Å². The summed E-state index contributed by atoms with van der Waals surface area (Å²) in [4.78, 5) is 32.0. The number of nitrogens with one attached hydrogen (secondary N) is 4. The first-order valence-electron chi connectivity index (χ1n) is 15.2. The van der Waals surface area contributed by atoms with E-state index in [1.165, 1.54) is 12.1 Å². The fourth-order valence-corrected chi connectivity index (χ4v) is 6.01. The number of halogens is 1. The molecule has 0 spiro atoms. The standard InChI is InChI=1S/C34H34FN9O/c1-44(2)12-11-37-24-14-21(13-23(35)16-24)26-9-10-38-33-27(26)17-30(41-33)32-31-29(42-43-32)8-7-28(40-31)22-15-25(19-36-18-22)39-34(45)20-5-3-4-6-20/h7-10,13-20,37H,3-6,11-12H2,1-2H3,(H,38,41)(H,39,45)(H,42,43). The predicted octanol–water partition coefficient (Wildman–Crippen LogP) is 6.47. The molecule has 11 heteroatoms. The number of anilines is 2. The van der Waals surface area contributed by atoms with Crippen molar-refractivity contribution >= 4 is 39.3 Å². The van der Waals surface area contributed by atoms with E-state index in [0.29, 0.717) is 34.8 Å². The van der Waals surface area contributed by atoms with Gasteiger partial charge in [0, 0.05) is 48.0 Å². The average molecular weight is 604 g/mol. The first-order valence-corrected chi connectivity index (χ1v) is 15.2. The maximum Gasteiger partial charge on any atom is 0.227 e. The number of pyridine rings is 3. The fourth-order valence-electron chi connectivity index (χ4n) is 6.01. The van der Waals surface area contributed by atoms with Crippen molar-refractivity contribution in [3.8, 4) is 33.8 Å². The van der Waals surface area contributed by atoms with Crippen LogP contribution < -0.4 is 10.6 Å². The summed E-state index contributed by atoms with van der Waals surface area (Å²) in [5, 5.41) is 14.9. The summed E-state index contributed by atoms with van der Waals surface area (Å²) in [5.74, 6) is -0.197. The van der Waals surface area contributed by atoms with Crippen molar-refractivity contribution in [1.82, 2.24) is 35.0 Å². The number of likely N-dealkylation sites (N-methyl/N-ethyl adjacent to an activating group) is 1. The molecule has 5 heterocycles. The van der Waals surface area contributed by atoms with E-state index in [1.54, 1.807) is 18.6 Å². The maximum atomic E-state index is 14.7. The van der Waals surface area contributed by atoms with Gasteiger partial charge in [-0.05, 0) is 86.6 Å². The number of hydrogen-bond acceptors (Lipinski definition) is 7. The van der Waals surface area contributed by atoms with Gasteiger partial charge in [-0.2, -0.15) is 5.10 Å². The molecule has 0 aliphatic heterocycles. The zero-order chi connectivity index (χ0) is 30.9. The number of H-pyrrole nitrogens is 2. The van der Waals surface area contributed by atoms with E-state index in [-0.39, 0.29) is 17.6 Å². The van der Waals surface area contributed by atoms with E-state index in [9.17, 15) is 9.18 Å². The molecule has 1 aromatic carbocycles. The number of benzene rings is 1. The number of fused-ring (bicyclic) bond motifs is 2. The monoisotopic (exact) mass is 603 g/mol. The molecule has 10 nitrogen and oxygen atoms in total. The number of rotatable bonds is 9. The summed E-state index contributed by atoms with van der Waals surface area (Å²) < 4.78 is 14.7. The quantitative estimate of drug-likeness (QED) is 0.149. The fraction of sp³-hybridized carbons (Fsp3) is 0.265. The molecular formula is C34H34FN9O. The lowest BCUT2D eigenvalue weighted by Gasteiger charge is -2.13. The van der Waals surface area contributed by atoms with Crippen LogP contribution in [-0.2, 0) is 4.79 Å². The largest absolute Gasteiger partial charge is 0.384 e. The second-order valence-corrected chi connectivity index (χ2v) is 11.9. The minimum absolute atomic E-state index is 0.0498. The number of aromatic amines is 2. The van der Waals surface area contributed by atoms with E-state index in [1.807, 2.05) is 50.5 Å². The van der Waals surface area contributed by atoms with Crippen molar-refractivity contribution in [2.75, 3.05) is 37.8 Å². The number of nitrogens with zero attached hydrogens (tertiary/aromatic N) is 5. The molecule has 0 unspecified atom stereocenters. The molecule has 45 heavy (non-hydrogen) atoms. The molecule has 6 aromatic rings. The Bertz CT molecular complexity index is 2010. The highest BCUT2D eigenvalue weighted by atomic mass is 19.1. The van der Waals surface area contributed by atoms with Gasteiger partial charge in [0.1, 0.15) is 22.7 Å². The Kier molecular flexibility index (Phi) is 7.68. The smallest absolute Gasteiger partial charge is 0.227 e. The summed E-state index contributed by atoms with van der Waals surface area (Å²) >= 11 is 0. The molecule has 0 radical (unpaired) electrons. The van der Waals surface area contributed by atoms with Crippen LogP contribution in [0.5, 0.6) is 0 Å². The van der Waals surface area contributed by atoms with Crippen LogP contribution in [0, 0.1) is 11.7 Å². The van der Waals surface area contributed by atoms with Crippen molar-refractivity contribution in [3.05, 3.63) is 72.9 Å². The summed E-state index contributed by atoms with van der Waals surface area (Å²) in [7, 11) is 4.01. The molecule has 1 aliphatic carbocycles. The minimum Gasteiger partial charge on any atom is -0.384 e. The molecule has 0 bridgehead atoms. The highest BCUT2D eigenvalue weighted by molar-refractivity contribution is 5.99. The molecule has 4 N–H and O–H groups in total. The number of amides is 1. The highest BCUT2D eigenvalue weighted by Crippen LogP contribution is 2.35. The zero-order valence-corrected chi connectivity index (χ0v) is 25.2. The second-order valence-electron chi connectivity index (χ2n) is 11.9. The minimum atomic E-state index is -0.313. The van der Waals surface area contributed by atoms with Crippen molar-refractivity contribution in [1.29, 1.82) is 0 Å². The lowest BCUT2D eigenvalue weighted by molar-refractivity contribution is -0.119. The van der Waals surface area contributed by atoms with Crippen molar-refractivity contribution in [2.45, 2.75) is 25.7 Å². The summed E-state index contributed by atoms with van der Waals surface area (Å²) in [6.45, 7) is 1.53. The molecule has 228 valence electrons. The van der Waals surface area contributed by atoms with Crippen LogP contribution in [0.2, 0.25) is 0 Å². The van der Waals surface area contributed by atoms with Gasteiger partial charge >= 0.3 is 0 Å². The molecular weight excluding hydrogens is 569 g/mol. The van der Waals surface area contributed by atoms with Gasteiger partial charge in [0.05, 0.1) is 28.8 Å². The molecule has 1 fully saturated rings. The SMILES string of the molecule is CN(C)CCNc1cc(F)cc(-c2ccnc3[nH]c(-c4n[nH]c5ccc(-c6cncc(NC(=O)C7CCCC7)c6)nc45)cc23)c1. The first-order chi connectivity index (χ1) is 21.9. The third-order valence-electron chi connectivity index (χ3n) is 8.32. The normalized spacial score (nSPS) is 13.7. The second kappa shape index (κ2) is 12.1. The van der Waals surface area contributed by atoms with Gasteiger partial charge in [-0.15, -0.1) is 0 Å². The Hall–Kier alpha value is -5.16. The predicted molar refractivity (Wildman–Crippen MR) is 175 cm³/mol. The van der Waals surface area contributed by atoms with Crippen LogP contribution in [0.15, 0.2) is 67.1 Å². The third-order valence-corrected chi connectivity index (χ3v) is 8.32. The average Bonchev–Trinajstić information content (AvgIpc) is 3.80. The summed E-state index contributed by atoms with van der Waals surface area (Å²) in [6, 6.07) is 14.6. The molecule has 7 rings (SSSR count). The number of carbonyl (C=O) groups excluding carboxylic acids is 1. The van der Waals surface area contributed by atoms with Crippen LogP contribution in [0.1, 0.15) is 25.7 Å². The van der Waals surface area contributed by atoms with Crippen molar-refractivity contribution in [3.63, 3.8) is 0 Å². The van der Waals surface area contributed by atoms with Gasteiger partial charge in [-0.3, -0.25) is 14.9 Å². The van der Waals surface area contributed by atoms with Crippen molar-refractivity contribution in [2.24, 2.45) is 5.92 Å². The zero-order valence-electron chi connectivity index (χ0n) is 25.2. The Balaban J connectivity index is 1.20. The van der Waals surface area contributed by atoms with Gasteiger partial charge < -0.3 is 20.5 Å². The van der Waals surface area contributed by atoms with E-state index < -0.39 is 0 Å². The van der Waals surface area contributed by atoms with Gasteiger partial charge in [-0.1, -0.05) is 12.8 Å². The van der Waals surface area contributed by atoms with Crippen LogP contribution in [-0.4, -0.2) is 68.1 Å². The summed E-state index contributed by atoms with van der Waals surface area (Å²) in [6.07, 6.45) is 9.18. The third kappa shape index (κ3) is 5.99. The number of aromatic nitrogens is 6. The van der Waals surface area contributed by atoms with Crippen LogP contribution in [0.25, 0.3) is 55.8 Å². The Morgan fingerprint density at radius 2 is 1.87 bits per heavy atom.